The smallest absolute Gasteiger partial charge is 0.233 e. The normalized spacial score (nSPS) is 11.6. The largest absolute Gasteiger partial charge is 0.289 e. The second-order valence-electron chi connectivity index (χ2n) is 8.04. The quantitative estimate of drug-likeness (QED) is 0.511. The number of aryl methyl sites for hydroxylation is 2. The van der Waals surface area contributed by atoms with Gasteiger partial charge in [0.2, 0.25) is 0 Å². The minimum absolute atomic E-state index is 0.191. The van der Waals surface area contributed by atoms with Crippen LogP contribution in [0.2, 0.25) is 0 Å². The number of benzene rings is 2. The van der Waals surface area contributed by atoms with Crippen molar-refractivity contribution in [2.24, 2.45) is 7.05 Å². The van der Waals surface area contributed by atoms with Crippen LogP contribution < -0.4 is 4.57 Å². The van der Waals surface area contributed by atoms with Crippen LogP contribution in [0.5, 0.6) is 0 Å². The third-order valence-corrected chi connectivity index (χ3v) is 5.33. The molecule has 0 aliphatic heterocycles. The van der Waals surface area contributed by atoms with Crippen LogP contribution in [-0.4, -0.2) is 4.57 Å². The number of imidazole rings is 1. The SMILES string of the molecule is Cc1cc(F)ccc1-c1n(Cc2c(C(C)C)cccc2C(C)C)cc[n+]1C. The summed E-state index contributed by atoms with van der Waals surface area (Å²) >= 11 is 0. The van der Waals surface area contributed by atoms with E-state index in [0.29, 0.717) is 11.8 Å². The van der Waals surface area contributed by atoms with Crippen LogP contribution in [0.1, 0.15) is 61.8 Å². The van der Waals surface area contributed by atoms with E-state index >= 15 is 0 Å². The van der Waals surface area contributed by atoms with Crippen molar-refractivity contribution in [3.8, 4) is 11.4 Å². The molecule has 0 N–H and O–H groups in total. The summed E-state index contributed by atoms with van der Waals surface area (Å²) in [6, 6.07) is 11.7. The molecule has 2 aromatic carbocycles. The molecule has 27 heavy (non-hydrogen) atoms. The van der Waals surface area contributed by atoms with Gasteiger partial charge in [-0.25, -0.2) is 13.5 Å². The highest BCUT2D eigenvalue weighted by atomic mass is 19.1. The molecule has 0 fully saturated rings. The summed E-state index contributed by atoms with van der Waals surface area (Å²) in [5.41, 5.74) is 6.22. The lowest BCUT2D eigenvalue weighted by Crippen LogP contribution is -2.29. The van der Waals surface area contributed by atoms with E-state index in [2.05, 4.69) is 67.4 Å². The van der Waals surface area contributed by atoms with E-state index in [1.807, 2.05) is 20.0 Å². The molecule has 0 aliphatic carbocycles. The first kappa shape index (κ1) is 19.3. The van der Waals surface area contributed by atoms with Crippen LogP contribution in [0.4, 0.5) is 4.39 Å². The molecule has 0 bridgehead atoms. The average Bonchev–Trinajstić information content (AvgIpc) is 2.95. The fourth-order valence-corrected chi connectivity index (χ4v) is 3.93. The highest BCUT2D eigenvalue weighted by Crippen LogP contribution is 2.30. The first-order chi connectivity index (χ1) is 12.8. The molecule has 0 amide bonds. The van der Waals surface area contributed by atoms with Crippen molar-refractivity contribution in [2.45, 2.75) is 53.0 Å². The Morgan fingerprint density at radius 2 is 1.63 bits per heavy atom. The lowest BCUT2D eigenvalue weighted by Gasteiger charge is -2.19. The fraction of sp³-hybridized carbons (Fsp3) is 0.375. The van der Waals surface area contributed by atoms with E-state index in [1.165, 1.54) is 16.7 Å². The third kappa shape index (κ3) is 3.83. The topological polar surface area (TPSA) is 8.81 Å². The summed E-state index contributed by atoms with van der Waals surface area (Å²) in [7, 11) is 2.05. The zero-order chi connectivity index (χ0) is 19.7. The van der Waals surface area contributed by atoms with E-state index in [1.54, 1.807) is 12.1 Å². The lowest BCUT2D eigenvalue weighted by molar-refractivity contribution is -0.659. The molecule has 0 saturated carbocycles. The van der Waals surface area contributed by atoms with Gasteiger partial charge in [0.15, 0.2) is 0 Å². The summed E-state index contributed by atoms with van der Waals surface area (Å²) in [5, 5.41) is 0. The fourth-order valence-electron chi connectivity index (χ4n) is 3.93. The van der Waals surface area contributed by atoms with Crippen LogP contribution in [-0.2, 0) is 13.6 Å². The monoisotopic (exact) mass is 365 g/mol. The summed E-state index contributed by atoms with van der Waals surface area (Å²) in [6.45, 7) is 11.8. The Morgan fingerprint density at radius 3 is 2.19 bits per heavy atom. The molecule has 0 aliphatic rings. The Labute approximate surface area is 162 Å². The van der Waals surface area contributed by atoms with Crippen LogP contribution in [0.3, 0.4) is 0 Å². The molecule has 0 saturated heterocycles. The van der Waals surface area contributed by atoms with E-state index in [-0.39, 0.29) is 5.82 Å². The van der Waals surface area contributed by atoms with Crippen LogP contribution in [0.25, 0.3) is 11.4 Å². The second kappa shape index (κ2) is 7.67. The Hall–Kier alpha value is -2.42. The van der Waals surface area contributed by atoms with E-state index < -0.39 is 0 Å². The predicted molar refractivity (Wildman–Crippen MR) is 109 cm³/mol. The van der Waals surface area contributed by atoms with Gasteiger partial charge in [-0.3, -0.25) is 0 Å². The lowest BCUT2D eigenvalue weighted by atomic mass is 9.88. The van der Waals surface area contributed by atoms with Gasteiger partial charge in [-0.2, -0.15) is 0 Å². The molecule has 1 aromatic heterocycles. The van der Waals surface area contributed by atoms with Crippen molar-refractivity contribution in [1.29, 1.82) is 0 Å². The van der Waals surface area contributed by atoms with Crippen molar-refractivity contribution in [3.05, 3.63) is 76.9 Å². The summed E-state index contributed by atoms with van der Waals surface area (Å²) in [4.78, 5) is 0. The number of nitrogens with zero attached hydrogens (tertiary/aromatic N) is 2. The Morgan fingerprint density at radius 1 is 1.00 bits per heavy atom. The average molecular weight is 366 g/mol. The maximum Gasteiger partial charge on any atom is 0.289 e. The van der Waals surface area contributed by atoms with Gasteiger partial charge >= 0.3 is 0 Å². The number of aromatic nitrogens is 2. The van der Waals surface area contributed by atoms with Gasteiger partial charge in [-0.1, -0.05) is 45.9 Å². The predicted octanol–water partition coefficient (Wildman–Crippen LogP) is 5.72. The van der Waals surface area contributed by atoms with E-state index in [9.17, 15) is 4.39 Å². The summed E-state index contributed by atoms with van der Waals surface area (Å²) in [5.74, 6) is 1.85. The zero-order valence-electron chi connectivity index (χ0n) is 17.3. The number of hydrogen-bond acceptors (Lipinski definition) is 0. The van der Waals surface area contributed by atoms with Crippen molar-refractivity contribution >= 4 is 0 Å². The molecule has 3 aromatic rings. The maximum absolute atomic E-state index is 13.6. The van der Waals surface area contributed by atoms with E-state index in [0.717, 1.165) is 23.5 Å². The van der Waals surface area contributed by atoms with Gasteiger partial charge in [0.25, 0.3) is 5.82 Å². The van der Waals surface area contributed by atoms with Gasteiger partial charge in [-0.05, 0) is 53.6 Å². The molecular weight excluding hydrogens is 335 g/mol. The molecule has 0 unspecified atom stereocenters. The number of hydrogen-bond donors (Lipinski definition) is 0. The molecular formula is C24H30FN2+. The highest BCUT2D eigenvalue weighted by molar-refractivity contribution is 5.58. The van der Waals surface area contributed by atoms with Gasteiger partial charge in [0, 0.05) is 5.56 Å². The summed E-state index contributed by atoms with van der Waals surface area (Å²) in [6.07, 6.45) is 4.20. The second-order valence-corrected chi connectivity index (χ2v) is 8.04. The Kier molecular flexibility index (Phi) is 5.50. The van der Waals surface area contributed by atoms with Crippen LogP contribution in [0.15, 0.2) is 48.8 Å². The molecule has 0 spiro atoms. The molecule has 3 heteroatoms. The zero-order valence-corrected chi connectivity index (χ0v) is 17.3. The maximum atomic E-state index is 13.6. The van der Waals surface area contributed by atoms with Gasteiger partial charge in [-0.15, -0.1) is 0 Å². The van der Waals surface area contributed by atoms with Crippen LogP contribution in [0, 0.1) is 12.7 Å². The molecule has 142 valence electrons. The molecule has 0 atom stereocenters. The molecule has 2 nitrogen and oxygen atoms in total. The minimum atomic E-state index is -0.191. The highest BCUT2D eigenvalue weighted by Gasteiger charge is 2.22. The molecule has 1 heterocycles. The van der Waals surface area contributed by atoms with Crippen molar-refractivity contribution in [3.63, 3.8) is 0 Å². The van der Waals surface area contributed by atoms with Crippen molar-refractivity contribution in [2.75, 3.05) is 0 Å². The van der Waals surface area contributed by atoms with Crippen molar-refractivity contribution in [1.82, 2.24) is 4.57 Å². The number of rotatable bonds is 5. The standard InChI is InChI=1S/C24H30FN2/c1-16(2)20-8-7-9-21(17(3)4)23(20)15-27-13-12-26(6)24(27)22-11-10-19(25)14-18(22)5/h7-14,16-17H,15H2,1-6H3/q+1. The van der Waals surface area contributed by atoms with Gasteiger partial charge < -0.3 is 0 Å². The first-order valence-corrected chi connectivity index (χ1v) is 9.72. The Bertz CT molecular complexity index is 925. The Balaban J connectivity index is 2.14. The molecule has 3 rings (SSSR count). The van der Waals surface area contributed by atoms with E-state index in [4.69, 9.17) is 0 Å². The first-order valence-electron chi connectivity index (χ1n) is 9.72. The minimum Gasteiger partial charge on any atom is -0.233 e. The third-order valence-electron chi connectivity index (χ3n) is 5.33. The number of halogens is 1. The van der Waals surface area contributed by atoms with Gasteiger partial charge in [0.1, 0.15) is 24.8 Å². The summed E-state index contributed by atoms with van der Waals surface area (Å²) < 4.78 is 18.0. The molecule has 0 radical (unpaired) electrons. The van der Waals surface area contributed by atoms with Crippen molar-refractivity contribution < 1.29 is 8.96 Å². The van der Waals surface area contributed by atoms with Crippen LogP contribution >= 0.6 is 0 Å². The van der Waals surface area contributed by atoms with Gasteiger partial charge in [0.05, 0.1) is 12.6 Å².